The summed E-state index contributed by atoms with van der Waals surface area (Å²) in [6, 6.07) is 7.12. The number of carboxylic acids is 1. The van der Waals surface area contributed by atoms with Gasteiger partial charge in [0.15, 0.2) is 0 Å². The predicted octanol–water partition coefficient (Wildman–Crippen LogP) is 8.81. The minimum atomic E-state index is -0.911. The van der Waals surface area contributed by atoms with E-state index in [1.807, 2.05) is 42.3 Å². The van der Waals surface area contributed by atoms with E-state index in [-0.39, 0.29) is 19.0 Å². The third-order valence-corrected chi connectivity index (χ3v) is 8.90. The van der Waals surface area contributed by atoms with Crippen molar-refractivity contribution < 1.29 is 20.1 Å². The van der Waals surface area contributed by atoms with Crippen molar-refractivity contribution in [3.05, 3.63) is 36.0 Å². The Morgan fingerprint density at radius 2 is 1.19 bits per heavy atom. The van der Waals surface area contributed by atoms with E-state index in [1.54, 1.807) is 0 Å². The lowest BCUT2D eigenvalue weighted by atomic mass is 9.91. The lowest BCUT2D eigenvalue weighted by molar-refractivity contribution is -0.145. The molecule has 0 aliphatic rings. The zero-order valence-corrected chi connectivity index (χ0v) is 27.0. The number of nitrogens with zero attached hydrogens (tertiary/aromatic N) is 1. The average molecular weight is 587 g/mol. The van der Waals surface area contributed by atoms with Crippen LogP contribution in [-0.4, -0.2) is 62.5 Å². The van der Waals surface area contributed by atoms with Gasteiger partial charge in [-0.3, -0.25) is 9.69 Å². The Bertz CT molecular complexity index is 933. The van der Waals surface area contributed by atoms with Crippen LogP contribution in [0.4, 0.5) is 0 Å². The number of hydrogen-bond donors (Lipinski definition) is 4. The van der Waals surface area contributed by atoms with Crippen LogP contribution >= 0.6 is 0 Å². The number of carboxylic acid groups (broad SMARTS) is 1. The highest BCUT2D eigenvalue weighted by Gasteiger charge is 2.35. The van der Waals surface area contributed by atoms with Gasteiger partial charge in [-0.1, -0.05) is 142 Å². The highest BCUT2D eigenvalue weighted by atomic mass is 16.4. The molecule has 4 unspecified atom stereocenters. The fourth-order valence-electron chi connectivity index (χ4n) is 6.38. The van der Waals surface area contributed by atoms with Gasteiger partial charge in [0.25, 0.3) is 0 Å². The summed E-state index contributed by atoms with van der Waals surface area (Å²) in [7, 11) is 0. The van der Waals surface area contributed by atoms with Crippen LogP contribution in [0.5, 0.6) is 0 Å². The molecule has 0 fully saturated rings. The highest BCUT2D eigenvalue weighted by molar-refractivity contribution is 5.85. The van der Waals surface area contributed by atoms with Crippen molar-refractivity contribution in [3.63, 3.8) is 0 Å². The SMILES string of the molecule is CCCCCCCCCCC(O)CN(CC(O)CCCCCCCCCC)C(C(=O)O)C(C)c1c[nH]c2ccccc12. The zero-order chi connectivity index (χ0) is 30.6. The first-order chi connectivity index (χ1) is 20.4. The van der Waals surface area contributed by atoms with Crippen molar-refractivity contribution in [2.45, 2.75) is 161 Å². The van der Waals surface area contributed by atoms with Crippen molar-refractivity contribution in [2.24, 2.45) is 0 Å². The molecule has 42 heavy (non-hydrogen) atoms. The molecule has 1 heterocycles. The number of hydrogen-bond acceptors (Lipinski definition) is 4. The normalized spacial score (nSPS) is 14.8. The van der Waals surface area contributed by atoms with Gasteiger partial charge in [-0.05, 0) is 24.5 Å². The number of unbranched alkanes of at least 4 members (excludes halogenated alkanes) is 14. The van der Waals surface area contributed by atoms with Gasteiger partial charge < -0.3 is 20.3 Å². The summed E-state index contributed by atoms with van der Waals surface area (Å²) in [5.74, 6) is -1.23. The molecule has 0 spiro atoms. The third kappa shape index (κ3) is 13.6. The quantitative estimate of drug-likeness (QED) is 0.0826. The van der Waals surface area contributed by atoms with E-state index < -0.39 is 24.2 Å². The molecule has 0 aliphatic heterocycles. The second-order valence-electron chi connectivity index (χ2n) is 12.6. The number of rotatable bonds is 26. The number of benzene rings is 1. The molecule has 2 aromatic rings. The molecule has 1 aromatic heterocycles. The number of aliphatic carboxylic acids is 1. The largest absolute Gasteiger partial charge is 0.480 e. The van der Waals surface area contributed by atoms with Crippen molar-refractivity contribution in [1.29, 1.82) is 0 Å². The van der Waals surface area contributed by atoms with Gasteiger partial charge in [0.1, 0.15) is 6.04 Å². The molecule has 4 N–H and O–H groups in total. The summed E-state index contributed by atoms with van der Waals surface area (Å²) in [4.78, 5) is 17.9. The van der Waals surface area contributed by atoms with E-state index in [0.717, 1.165) is 42.1 Å². The standard InChI is InChI=1S/C36H62N2O4/c1-4-6-8-10-12-14-16-18-22-30(39)27-38(28-31(40)23-19-17-15-13-11-9-7-5-2)35(36(41)42)29(3)33-26-37-34-25-21-20-24-32(33)34/h20-21,24-26,29-31,35,37,39-40H,4-19,22-23,27-28H2,1-3H3,(H,41,42). The van der Waals surface area contributed by atoms with Crippen LogP contribution < -0.4 is 0 Å². The maximum atomic E-state index is 12.8. The Morgan fingerprint density at radius 1 is 0.738 bits per heavy atom. The summed E-state index contributed by atoms with van der Waals surface area (Å²) in [5, 5.41) is 33.6. The molecule has 0 saturated heterocycles. The number of aromatic nitrogens is 1. The van der Waals surface area contributed by atoms with Crippen molar-refractivity contribution in [3.8, 4) is 0 Å². The first-order valence-corrected chi connectivity index (χ1v) is 17.3. The van der Waals surface area contributed by atoms with Gasteiger partial charge in [-0.2, -0.15) is 0 Å². The number of H-pyrrole nitrogens is 1. The zero-order valence-electron chi connectivity index (χ0n) is 27.0. The Balaban J connectivity index is 2.00. The summed E-state index contributed by atoms with van der Waals surface area (Å²) >= 11 is 0. The highest BCUT2D eigenvalue weighted by Crippen LogP contribution is 2.31. The van der Waals surface area contributed by atoms with Crippen LogP contribution in [0.1, 0.15) is 148 Å². The van der Waals surface area contributed by atoms with Crippen LogP contribution in [0, 0.1) is 0 Å². The topological polar surface area (TPSA) is 96.8 Å². The monoisotopic (exact) mass is 586 g/mol. The molecule has 0 radical (unpaired) electrons. The van der Waals surface area contributed by atoms with E-state index in [9.17, 15) is 20.1 Å². The molecule has 4 atom stereocenters. The molecule has 0 aliphatic carbocycles. The van der Waals surface area contributed by atoms with Gasteiger partial charge in [0.05, 0.1) is 12.2 Å². The third-order valence-electron chi connectivity index (χ3n) is 8.90. The first-order valence-electron chi connectivity index (χ1n) is 17.3. The Labute approximate surface area is 256 Å². The van der Waals surface area contributed by atoms with E-state index >= 15 is 0 Å². The van der Waals surface area contributed by atoms with E-state index in [1.165, 1.54) is 77.0 Å². The number of aromatic amines is 1. The fraction of sp³-hybridized carbons (Fsp3) is 0.750. The molecule has 0 bridgehead atoms. The maximum absolute atomic E-state index is 12.8. The average Bonchev–Trinajstić information content (AvgIpc) is 3.40. The van der Waals surface area contributed by atoms with E-state index in [0.29, 0.717) is 12.8 Å². The molecular formula is C36H62N2O4. The maximum Gasteiger partial charge on any atom is 0.321 e. The number of aliphatic hydroxyl groups is 2. The van der Waals surface area contributed by atoms with Gasteiger partial charge in [-0.25, -0.2) is 0 Å². The number of aliphatic hydroxyl groups excluding tert-OH is 2. The molecule has 2 rings (SSSR count). The lowest BCUT2D eigenvalue weighted by Gasteiger charge is -2.35. The molecule has 240 valence electrons. The molecule has 0 saturated carbocycles. The summed E-state index contributed by atoms with van der Waals surface area (Å²) in [6.07, 6.45) is 21.3. The first kappa shape index (κ1) is 36.3. The van der Waals surface area contributed by atoms with Crippen molar-refractivity contribution in [1.82, 2.24) is 9.88 Å². The number of fused-ring (bicyclic) bond motifs is 1. The predicted molar refractivity (Wildman–Crippen MR) is 176 cm³/mol. The fourth-order valence-corrected chi connectivity index (χ4v) is 6.38. The van der Waals surface area contributed by atoms with Gasteiger partial charge in [0, 0.05) is 36.1 Å². The number of nitrogens with one attached hydrogen (secondary N) is 1. The van der Waals surface area contributed by atoms with Crippen molar-refractivity contribution >= 4 is 16.9 Å². The second kappa shape index (κ2) is 21.7. The van der Waals surface area contributed by atoms with E-state index in [4.69, 9.17) is 0 Å². The summed E-state index contributed by atoms with van der Waals surface area (Å²) in [5.41, 5.74) is 1.94. The van der Waals surface area contributed by atoms with Gasteiger partial charge >= 0.3 is 5.97 Å². The second-order valence-corrected chi connectivity index (χ2v) is 12.6. The molecular weight excluding hydrogens is 524 g/mol. The minimum absolute atomic E-state index is 0.259. The van der Waals surface area contributed by atoms with Crippen LogP contribution in [0.25, 0.3) is 10.9 Å². The molecule has 6 heteroatoms. The summed E-state index contributed by atoms with van der Waals surface area (Å²) < 4.78 is 0. The smallest absolute Gasteiger partial charge is 0.321 e. The Kier molecular flexibility index (Phi) is 18.8. The van der Waals surface area contributed by atoms with Gasteiger partial charge in [0.2, 0.25) is 0 Å². The van der Waals surface area contributed by atoms with Crippen LogP contribution in [0.2, 0.25) is 0 Å². The van der Waals surface area contributed by atoms with Gasteiger partial charge in [-0.15, -0.1) is 0 Å². The minimum Gasteiger partial charge on any atom is -0.480 e. The molecule has 6 nitrogen and oxygen atoms in total. The van der Waals surface area contributed by atoms with Crippen LogP contribution in [0.3, 0.4) is 0 Å². The Morgan fingerprint density at radius 3 is 1.67 bits per heavy atom. The van der Waals surface area contributed by atoms with Crippen molar-refractivity contribution in [2.75, 3.05) is 13.1 Å². The Hall–Kier alpha value is -1.89. The number of para-hydroxylation sites is 1. The van der Waals surface area contributed by atoms with Crippen LogP contribution in [0.15, 0.2) is 30.5 Å². The number of carbonyl (C=O) groups is 1. The lowest BCUT2D eigenvalue weighted by Crippen LogP contribution is -2.50. The molecule has 0 amide bonds. The molecule has 1 aromatic carbocycles. The summed E-state index contributed by atoms with van der Waals surface area (Å²) in [6.45, 7) is 6.94. The van der Waals surface area contributed by atoms with E-state index in [2.05, 4.69) is 18.8 Å². The van der Waals surface area contributed by atoms with Crippen LogP contribution in [-0.2, 0) is 4.79 Å².